The average molecular weight is 401 g/mol. The fourth-order valence-electron chi connectivity index (χ4n) is 2.53. The van der Waals surface area contributed by atoms with Gasteiger partial charge in [0.05, 0.1) is 21.7 Å². The minimum absolute atomic E-state index is 0.130. The van der Waals surface area contributed by atoms with Gasteiger partial charge in [0.25, 0.3) is 0 Å². The van der Waals surface area contributed by atoms with Crippen LogP contribution >= 0.6 is 23.1 Å². The van der Waals surface area contributed by atoms with E-state index in [9.17, 15) is 9.59 Å². The summed E-state index contributed by atoms with van der Waals surface area (Å²) in [6.07, 6.45) is 0. The maximum absolute atomic E-state index is 12.0. The fourth-order valence-corrected chi connectivity index (χ4v) is 4.02. The average Bonchev–Trinajstić information content (AvgIpc) is 3.05. The molecule has 7 heteroatoms. The predicted molar refractivity (Wildman–Crippen MR) is 111 cm³/mol. The molecule has 27 heavy (non-hydrogen) atoms. The molecule has 0 atom stereocenters. The van der Waals surface area contributed by atoms with Gasteiger partial charge in [0, 0.05) is 5.69 Å². The molecule has 1 amide bonds. The molecule has 140 valence electrons. The van der Waals surface area contributed by atoms with E-state index in [4.69, 9.17) is 4.74 Å². The number of thioether (sulfide) groups is 1. The van der Waals surface area contributed by atoms with Gasteiger partial charge in [0.2, 0.25) is 5.91 Å². The summed E-state index contributed by atoms with van der Waals surface area (Å²) in [5, 5.41) is 3.63. The highest BCUT2D eigenvalue weighted by molar-refractivity contribution is 8.00. The zero-order valence-electron chi connectivity index (χ0n) is 15.2. The number of aryl methyl sites for hydroxylation is 2. The molecule has 0 spiro atoms. The van der Waals surface area contributed by atoms with Crippen molar-refractivity contribution >= 4 is 50.9 Å². The van der Waals surface area contributed by atoms with Crippen LogP contribution in [0.15, 0.2) is 42.5 Å². The number of amides is 1. The van der Waals surface area contributed by atoms with E-state index in [1.165, 1.54) is 23.1 Å². The number of esters is 1. The first-order valence-electron chi connectivity index (χ1n) is 8.46. The molecule has 1 heterocycles. The molecule has 0 aliphatic carbocycles. The first kappa shape index (κ1) is 19.4. The number of rotatable bonds is 7. The van der Waals surface area contributed by atoms with E-state index in [0.29, 0.717) is 0 Å². The lowest BCUT2D eigenvalue weighted by Gasteiger charge is -2.09. The van der Waals surface area contributed by atoms with Gasteiger partial charge >= 0.3 is 5.97 Å². The van der Waals surface area contributed by atoms with Gasteiger partial charge < -0.3 is 10.1 Å². The van der Waals surface area contributed by atoms with E-state index < -0.39 is 0 Å². The summed E-state index contributed by atoms with van der Waals surface area (Å²) < 4.78 is 6.32. The van der Waals surface area contributed by atoms with Crippen molar-refractivity contribution in [2.75, 3.05) is 16.8 Å². The molecule has 0 bridgehead atoms. The van der Waals surface area contributed by atoms with Crippen LogP contribution in [0, 0.1) is 13.8 Å². The molecule has 1 N–H and O–H groups in total. The molecule has 1 aromatic heterocycles. The van der Waals surface area contributed by atoms with E-state index in [2.05, 4.69) is 10.3 Å². The largest absolute Gasteiger partial charge is 0.458 e. The number of carbonyl (C=O) groups excluding carboxylic acids is 2. The second-order valence-corrected chi connectivity index (χ2v) is 8.20. The van der Waals surface area contributed by atoms with E-state index in [-0.39, 0.29) is 30.0 Å². The molecule has 3 rings (SSSR count). The molecular formula is C20H20N2O3S2. The number of benzene rings is 2. The fraction of sp³-hybridized carbons (Fsp3) is 0.250. The Balaban J connectivity index is 1.39. The first-order valence-corrected chi connectivity index (χ1v) is 10.4. The third-order valence-corrected chi connectivity index (χ3v) is 5.72. The van der Waals surface area contributed by atoms with Gasteiger partial charge in [0.1, 0.15) is 11.6 Å². The van der Waals surface area contributed by atoms with Crippen molar-refractivity contribution in [2.45, 2.75) is 20.5 Å². The van der Waals surface area contributed by atoms with Crippen molar-refractivity contribution in [3.63, 3.8) is 0 Å². The van der Waals surface area contributed by atoms with Gasteiger partial charge in [-0.1, -0.05) is 29.8 Å². The molecule has 2 aromatic carbocycles. The molecule has 0 saturated carbocycles. The number of hydrogen-bond acceptors (Lipinski definition) is 6. The summed E-state index contributed by atoms with van der Waals surface area (Å²) in [6.45, 7) is 4.12. The third-order valence-electron chi connectivity index (χ3n) is 3.80. The minimum Gasteiger partial charge on any atom is -0.458 e. The van der Waals surface area contributed by atoms with Crippen molar-refractivity contribution in [3.05, 3.63) is 58.6 Å². The standard InChI is InChI=1S/C20H20N2O3S2/c1-13-7-8-15(14(2)9-13)21-18(23)11-26-12-20(24)25-10-19-22-16-5-3-4-6-17(16)27-19/h3-9H,10-12H2,1-2H3,(H,21,23). The number of nitrogens with zero attached hydrogens (tertiary/aromatic N) is 1. The lowest BCUT2D eigenvalue weighted by molar-refractivity contribution is -0.141. The Morgan fingerprint density at radius 3 is 2.74 bits per heavy atom. The Bertz CT molecular complexity index is 936. The molecule has 0 aliphatic heterocycles. The molecule has 0 radical (unpaired) electrons. The number of fused-ring (bicyclic) bond motifs is 1. The van der Waals surface area contributed by atoms with E-state index in [1.807, 2.05) is 56.3 Å². The van der Waals surface area contributed by atoms with E-state index >= 15 is 0 Å². The van der Waals surface area contributed by atoms with Crippen molar-refractivity contribution < 1.29 is 14.3 Å². The molecule has 0 fully saturated rings. The van der Waals surface area contributed by atoms with Crippen molar-refractivity contribution in [1.82, 2.24) is 4.98 Å². The summed E-state index contributed by atoms with van der Waals surface area (Å²) in [5.41, 5.74) is 3.87. The van der Waals surface area contributed by atoms with Gasteiger partial charge in [-0.25, -0.2) is 4.98 Å². The highest BCUT2D eigenvalue weighted by Crippen LogP contribution is 2.22. The normalized spacial score (nSPS) is 10.7. The van der Waals surface area contributed by atoms with Crippen LogP contribution in [0.1, 0.15) is 16.1 Å². The number of anilines is 1. The number of nitrogens with one attached hydrogen (secondary N) is 1. The Kier molecular flexibility index (Phi) is 6.47. The van der Waals surface area contributed by atoms with Crippen LogP contribution in [0.25, 0.3) is 10.2 Å². The lowest BCUT2D eigenvalue weighted by atomic mass is 10.1. The molecule has 5 nitrogen and oxygen atoms in total. The Morgan fingerprint density at radius 2 is 1.96 bits per heavy atom. The van der Waals surface area contributed by atoms with Crippen molar-refractivity contribution in [3.8, 4) is 0 Å². The number of thiazole rings is 1. The molecular weight excluding hydrogens is 380 g/mol. The van der Waals surface area contributed by atoms with Crippen molar-refractivity contribution in [2.24, 2.45) is 0 Å². The van der Waals surface area contributed by atoms with Gasteiger partial charge in [-0.15, -0.1) is 23.1 Å². The zero-order chi connectivity index (χ0) is 19.2. The summed E-state index contributed by atoms with van der Waals surface area (Å²) in [5.74, 6) is -0.154. The van der Waals surface area contributed by atoms with E-state index in [1.54, 1.807) is 0 Å². The Labute approximate surface area is 166 Å². The Morgan fingerprint density at radius 1 is 1.15 bits per heavy atom. The first-order chi connectivity index (χ1) is 13.0. The van der Waals surface area contributed by atoms with Gasteiger partial charge in [0.15, 0.2) is 0 Å². The number of hydrogen-bond donors (Lipinski definition) is 1. The maximum atomic E-state index is 12.0. The number of aromatic nitrogens is 1. The number of ether oxygens (including phenoxy) is 1. The molecule has 3 aromatic rings. The predicted octanol–water partition coefficient (Wildman–Crippen LogP) is 4.33. The van der Waals surface area contributed by atoms with Crippen molar-refractivity contribution in [1.29, 1.82) is 0 Å². The van der Waals surface area contributed by atoms with Crippen LogP contribution in [-0.4, -0.2) is 28.4 Å². The monoisotopic (exact) mass is 400 g/mol. The second kappa shape index (κ2) is 9.01. The number of carbonyl (C=O) groups is 2. The van der Waals surface area contributed by atoms with Crippen LogP contribution in [0.4, 0.5) is 5.69 Å². The third kappa shape index (κ3) is 5.55. The highest BCUT2D eigenvalue weighted by Gasteiger charge is 2.10. The summed E-state index contributed by atoms with van der Waals surface area (Å²) in [4.78, 5) is 28.3. The van der Waals surface area contributed by atoms with Gasteiger partial charge in [-0.2, -0.15) is 0 Å². The minimum atomic E-state index is -0.349. The molecule has 0 unspecified atom stereocenters. The summed E-state index contributed by atoms with van der Waals surface area (Å²) in [7, 11) is 0. The Hall–Kier alpha value is -2.38. The second-order valence-electron chi connectivity index (χ2n) is 6.10. The van der Waals surface area contributed by atoms with Crippen LogP contribution in [-0.2, 0) is 20.9 Å². The van der Waals surface area contributed by atoms with Crippen LogP contribution in [0.5, 0.6) is 0 Å². The SMILES string of the molecule is Cc1ccc(NC(=O)CSCC(=O)OCc2nc3ccccc3s2)c(C)c1. The maximum Gasteiger partial charge on any atom is 0.316 e. The van der Waals surface area contributed by atoms with Crippen LogP contribution in [0.2, 0.25) is 0 Å². The van der Waals surface area contributed by atoms with E-state index in [0.717, 1.165) is 32.0 Å². The quantitative estimate of drug-likeness (QED) is 0.598. The summed E-state index contributed by atoms with van der Waals surface area (Å²) >= 11 is 2.75. The smallest absolute Gasteiger partial charge is 0.316 e. The van der Waals surface area contributed by atoms with Gasteiger partial charge in [-0.3, -0.25) is 9.59 Å². The zero-order valence-corrected chi connectivity index (χ0v) is 16.8. The lowest BCUT2D eigenvalue weighted by Crippen LogP contribution is -2.16. The highest BCUT2D eigenvalue weighted by atomic mass is 32.2. The van der Waals surface area contributed by atoms with Gasteiger partial charge in [-0.05, 0) is 37.6 Å². The van der Waals surface area contributed by atoms with Crippen LogP contribution < -0.4 is 5.32 Å². The summed E-state index contributed by atoms with van der Waals surface area (Å²) in [6, 6.07) is 13.7. The topological polar surface area (TPSA) is 68.3 Å². The van der Waals surface area contributed by atoms with Crippen LogP contribution in [0.3, 0.4) is 0 Å². The molecule has 0 aliphatic rings. The number of para-hydroxylation sites is 1. The molecule has 0 saturated heterocycles.